The monoisotopic (exact) mass is 584 g/mol. The zero-order valence-electron chi connectivity index (χ0n) is 22.9. The molecule has 1 saturated heterocycles. The van der Waals surface area contributed by atoms with Crippen molar-refractivity contribution in [3.63, 3.8) is 0 Å². The third-order valence-electron chi connectivity index (χ3n) is 7.66. The van der Waals surface area contributed by atoms with E-state index in [9.17, 15) is 14.5 Å². The van der Waals surface area contributed by atoms with E-state index in [0.717, 1.165) is 21.3 Å². The van der Waals surface area contributed by atoms with E-state index in [2.05, 4.69) is 0 Å². The maximum absolute atomic E-state index is 13.5. The number of nitrogens with zero attached hydrogens (tertiary/aromatic N) is 2. The van der Waals surface area contributed by atoms with Crippen LogP contribution in [0.5, 0.6) is 0 Å². The molecule has 3 aliphatic rings. The fourth-order valence-electron chi connectivity index (χ4n) is 5.66. The van der Waals surface area contributed by atoms with Crippen molar-refractivity contribution in [2.75, 3.05) is 6.61 Å². The predicted molar refractivity (Wildman–Crippen MR) is 146 cm³/mol. The summed E-state index contributed by atoms with van der Waals surface area (Å²) in [4.78, 5) is 39.5. The molecule has 1 saturated carbocycles. The van der Waals surface area contributed by atoms with Crippen molar-refractivity contribution in [2.24, 2.45) is 5.92 Å². The maximum atomic E-state index is 13.5. The SMILES string of the molecule is CC1(C)O[C@@H]2[C@@H](CO[P+]3([O-])OCc4ccccc4CO3)C[C@@H](n3ccc(=O)n(COCc4ccccc4)c3=O)[C@@H]2O1. The predicted octanol–water partition coefficient (Wildman–Crippen LogP) is 3.07. The van der Waals surface area contributed by atoms with Crippen molar-refractivity contribution in [1.82, 2.24) is 9.13 Å². The van der Waals surface area contributed by atoms with E-state index in [1.807, 2.05) is 54.6 Å². The molecule has 2 fully saturated rings. The summed E-state index contributed by atoms with van der Waals surface area (Å²) in [7, 11) is -3.84. The Morgan fingerprint density at radius 3 is 2.32 bits per heavy atom. The number of fused-ring (bicyclic) bond motifs is 2. The second-order valence-corrected chi connectivity index (χ2v) is 12.6. The summed E-state index contributed by atoms with van der Waals surface area (Å²) >= 11 is 0. The molecular formula is C29H33N2O9P. The van der Waals surface area contributed by atoms with Gasteiger partial charge in [-0.15, -0.1) is 0 Å². The molecule has 0 bridgehead atoms. The van der Waals surface area contributed by atoms with E-state index in [4.69, 9.17) is 27.8 Å². The Morgan fingerprint density at radius 2 is 1.61 bits per heavy atom. The van der Waals surface area contributed by atoms with E-state index < -0.39 is 43.5 Å². The summed E-state index contributed by atoms with van der Waals surface area (Å²) in [5.74, 6) is -1.18. The average molecular weight is 585 g/mol. The Kier molecular flexibility index (Phi) is 7.97. The molecule has 3 aromatic rings. The lowest BCUT2D eigenvalue weighted by Crippen LogP contribution is -2.43. The zero-order valence-corrected chi connectivity index (χ0v) is 23.8. The molecule has 11 nitrogen and oxygen atoms in total. The summed E-state index contributed by atoms with van der Waals surface area (Å²) < 4.78 is 37.7. The largest absolute Gasteiger partial charge is 0.606 e. The van der Waals surface area contributed by atoms with Gasteiger partial charge >= 0.3 is 13.9 Å². The van der Waals surface area contributed by atoms with Crippen LogP contribution in [0.4, 0.5) is 0 Å². The molecule has 218 valence electrons. The van der Waals surface area contributed by atoms with Crippen LogP contribution in [0.1, 0.15) is 43.0 Å². The van der Waals surface area contributed by atoms with Crippen LogP contribution in [0.25, 0.3) is 0 Å². The molecule has 0 amide bonds. The fourth-order valence-corrected chi connectivity index (χ4v) is 6.85. The molecule has 41 heavy (non-hydrogen) atoms. The summed E-state index contributed by atoms with van der Waals surface area (Å²) in [6.07, 6.45) is 0.977. The number of benzene rings is 2. The highest BCUT2D eigenvalue weighted by atomic mass is 31.2. The molecule has 2 aromatic carbocycles. The molecule has 2 aliphatic heterocycles. The molecule has 3 heterocycles. The van der Waals surface area contributed by atoms with Crippen molar-refractivity contribution < 1.29 is 32.7 Å². The quantitative estimate of drug-likeness (QED) is 0.368. The van der Waals surface area contributed by atoms with Crippen LogP contribution in [0, 0.1) is 5.92 Å². The molecular weight excluding hydrogens is 551 g/mol. The first-order valence-corrected chi connectivity index (χ1v) is 15.1. The Labute approximate surface area is 237 Å². The minimum atomic E-state index is -3.84. The van der Waals surface area contributed by atoms with Crippen molar-refractivity contribution in [2.45, 2.75) is 70.9 Å². The highest BCUT2D eigenvalue weighted by molar-refractivity contribution is 7.53. The molecule has 0 radical (unpaired) electrons. The number of aromatic nitrogens is 2. The van der Waals surface area contributed by atoms with Crippen LogP contribution in [0.3, 0.4) is 0 Å². The molecule has 0 spiro atoms. The van der Waals surface area contributed by atoms with E-state index in [1.165, 1.54) is 16.8 Å². The first kappa shape index (κ1) is 28.4. The van der Waals surface area contributed by atoms with Gasteiger partial charge in [-0.1, -0.05) is 54.6 Å². The lowest BCUT2D eigenvalue weighted by atomic mass is 10.1. The molecule has 1 aromatic heterocycles. The summed E-state index contributed by atoms with van der Waals surface area (Å²) in [6, 6.07) is 18.0. The lowest BCUT2D eigenvalue weighted by molar-refractivity contribution is -0.252. The van der Waals surface area contributed by atoms with Crippen molar-refractivity contribution in [1.29, 1.82) is 0 Å². The fraction of sp³-hybridized carbons (Fsp3) is 0.448. The van der Waals surface area contributed by atoms with Gasteiger partial charge in [-0.25, -0.2) is 9.36 Å². The van der Waals surface area contributed by atoms with Crippen LogP contribution < -0.4 is 16.1 Å². The van der Waals surface area contributed by atoms with E-state index >= 15 is 0 Å². The Morgan fingerprint density at radius 1 is 0.951 bits per heavy atom. The Balaban J connectivity index is 1.17. The van der Waals surface area contributed by atoms with Gasteiger partial charge in [0.2, 0.25) is 0 Å². The molecule has 0 N–H and O–H groups in total. The van der Waals surface area contributed by atoms with E-state index in [1.54, 1.807) is 13.8 Å². The normalized spacial score (nSPS) is 26.3. The first-order valence-electron chi connectivity index (χ1n) is 13.6. The highest BCUT2D eigenvalue weighted by Gasteiger charge is 2.56. The van der Waals surface area contributed by atoms with E-state index in [-0.39, 0.29) is 39.1 Å². The minimum Gasteiger partial charge on any atom is -0.606 e. The first-order chi connectivity index (χ1) is 19.7. The second-order valence-electron chi connectivity index (χ2n) is 10.9. The van der Waals surface area contributed by atoms with Gasteiger partial charge in [-0.2, -0.15) is 13.6 Å². The van der Waals surface area contributed by atoms with Gasteiger partial charge in [-0.05, 0) is 37.0 Å². The van der Waals surface area contributed by atoms with Gasteiger partial charge in [0.25, 0.3) is 5.56 Å². The number of ether oxygens (including phenoxy) is 3. The standard InChI is InChI=1S/C29H33N2O9P/c1-29(2)39-26-23(18-38-41(34)36-16-21-10-6-7-11-22(21)17-37-41)14-24(27(26)40-29)30-13-12-25(32)31(28(30)33)19-35-15-20-8-4-3-5-9-20/h3-13,23-24,26-27H,14-19H2,1-2H3/t23-,24-,26-,27+/m1/s1. The van der Waals surface area contributed by atoms with Crippen molar-refractivity contribution in [3.05, 3.63) is 104 Å². The molecule has 1 aliphatic carbocycles. The Bertz CT molecular complexity index is 1460. The molecule has 12 heteroatoms. The Hall–Kier alpha value is -2.73. The molecule has 4 atom stereocenters. The van der Waals surface area contributed by atoms with E-state index in [0.29, 0.717) is 6.42 Å². The van der Waals surface area contributed by atoms with Gasteiger partial charge in [0.15, 0.2) is 5.79 Å². The second kappa shape index (κ2) is 11.5. The number of phosphoric acid groups is 1. The van der Waals surface area contributed by atoms with Crippen LogP contribution >= 0.6 is 8.17 Å². The van der Waals surface area contributed by atoms with Crippen molar-refractivity contribution in [3.8, 4) is 0 Å². The number of rotatable bonds is 8. The molecule has 0 unspecified atom stereocenters. The number of hydrogen-bond acceptors (Lipinski definition) is 9. The van der Waals surface area contributed by atoms with Crippen LogP contribution in [0.15, 0.2) is 76.4 Å². The summed E-state index contributed by atoms with van der Waals surface area (Å²) in [6.45, 7) is 3.92. The van der Waals surface area contributed by atoms with Gasteiger partial charge in [0, 0.05) is 18.2 Å². The van der Waals surface area contributed by atoms with Crippen LogP contribution in [0.2, 0.25) is 0 Å². The van der Waals surface area contributed by atoms with Gasteiger partial charge in [-0.3, -0.25) is 9.36 Å². The topological polar surface area (TPSA) is 122 Å². The van der Waals surface area contributed by atoms with Gasteiger partial charge in [0.1, 0.15) is 32.7 Å². The third kappa shape index (κ3) is 6.09. The lowest BCUT2D eigenvalue weighted by Gasteiger charge is -2.27. The summed E-state index contributed by atoms with van der Waals surface area (Å²) in [5.41, 5.74) is 1.75. The smallest absolute Gasteiger partial charge is 0.380 e. The zero-order chi connectivity index (χ0) is 28.6. The van der Waals surface area contributed by atoms with Crippen LogP contribution in [-0.4, -0.2) is 33.7 Å². The highest BCUT2D eigenvalue weighted by Crippen LogP contribution is 2.58. The minimum absolute atomic E-state index is 0.0132. The van der Waals surface area contributed by atoms with Crippen LogP contribution in [-0.2, 0) is 54.3 Å². The third-order valence-corrected chi connectivity index (χ3v) is 9.01. The van der Waals surface area contributed by atoms with Gasteiger partial charge < -0.3 is 19.1 Å². The van der Waals surface area contributed by atoms with Gasteiger partial charge in [0.05, 0.1) is 18.8 Å². The average Bonchev–Trinajstić information content (AvgIpc) is 3.38. The number of phosphoric ester groups is 1. The maximum Gasteiger partial charge on any atom is 0.380 e. The molecule has 6 rings (SSSR count). The van der Waals surface area contributed by atoms with Crippen molar-refractivity contribution >= 4 is 8.17 Å². The summed E-state index contributed by atoms with van der Waals surface area (Å²) in [5, 5.41) is 0. The number of hydrogen-bond donors (Lipinski definition) is 0.